The second-order valence-corrected chi connectivity index (χ2v) is 5.77. The maximum absolute atomic E-state index is 11.4. The van der Waals surface area contributed by atoms with Crippen LogP contribution in [0.15, 0.2) is 24.3 Å². The number of alkyl halides is 1. The molecule has 0 saturated heterocycles. The third-order valence-corrected chi connectivity index (χ3v) is 4.69. The van der Waals surface area contributed by atoms with E-state index >= 15 is 0 Å². The summed E-state index contributed by atoms with van der Waals surface area (Å²) in [5.74, 6) is -0.162. The second-order valence-electron chi connectivity index (χ2n) is 4.26. The summed E-state index contributed by atoms with van der Waals surface area (Å²) in [5.41, 5.74) is 1.24. The Kier molecular flexibility index (Phi) is 3.38. The molecular formula is C13H13IN2O. The zero-order valence-electron chi connectivity index (χ0n) is 9.53. The molecule has 17 heavy (non-hydrogen) atoms. The summed E-state index contributed by atoms with van der Waals surface area (Å²) in [5, 5.41) is 12.4. The summed E-state index contributed by atoms with van der Waals surface area (Å²) in [4.78, 5) is 11.4. The Labute approximate surface area is 114 Å². The van der Waals surface area contributed by atoms with Gasteiger partial charge in [0, 0.05) is 6.92 Å². The van der Waals surface area contributed by atoms with Crippen LogP contribution in [0.1, 0.15) is 24.5 Å². The van der Waals surface area contributed by atoms with Gasteiger partial charge in [-0.15, -0.1) is 0 Å². The van der Waals surface area contributed by atoms with Crippen LogP contribution in [-0.2, 0) is 16.8 Å². The molecule has 0 fully saturated rings. The largest absolute Gasteiger partial charge is 0.334 e. The number of carbonyl (C=O) groups is 1. The van der Waals surface area contributed by atoms with Gasteiger partial charge >= 0.3 is 0 Å². The van der Waals surface area contributed by atoms with Gasteiger partial charge in [-0.3, -0.25) is 4.79 Å². The van der Waals surface area contributed by atoms with Crippen LogP contribution in [0, 0.1) is 11.3 Å². The van der Waals surface area contributed by atoms with E-state index in [-0.39, 0.29) is 9.83 Å². The average Bonchev–Trinajstić information content (AvgIpc) is 2.32. The normalized spacial score (nSPS) is 26.8. The van der Waals surface area contributed by atoms with Crippen molar-refractivity contribution in [2.24, 2.45) is 0 Å². The molecule has 0 saturated carbocycles. The topological polar surface area (TPSA) is 52.9 Å². The van der Waals surface area contributed by atoms with Gasteiger partial charge in [0.25, 0.3) is 0 Å². The van der Waals surface area contributed by atoms with Crippen molar-refractivity contribution in [1.82, 2.24) is 5.32 Å². The van der Waals surface area contributed by atoms with Crippen LogP contribution >= 0.6 is 22.6 Å². The molecule has 0 radical (unpaired) electrons. The molecule has 0 aliphatic heterocycles. The number of rotatable bonds is 1. The molecule has 1 aliphatic rings. The molecule has 0 spiro atoms. The Morgan fingerprint density at radius 3 is 2.94 bits per heavy atom. The van der Waals surface area contributed by atoms with Gasteiger partial charge in [0.05, 0.1) is 9.99 Å². The van der Waals surface area contributed by atoms with Gasteiger partial charge in [0.15, 0.2) is 5.54 Å². The number of hydrogen-bond donors (Lipinski definition) is 1. The van der Waals surface area contributed by atoms with Crippen LogP contribution in [0.25, 0.3) is 0 Å². The minimum Gasteiger partial charge on any atom is -0.334 e. The van der Waals surface area contributed by atoms with Crippen LogP contribution in [-0.4, -0.2) is 9.83 Å². The Morgan fingerprint density at radius 2 is 2.29 bits per heavy atom. The first-order chi connectivity index (χ1) is 8.10. The Morgan fingerprint density at radius 1 is 1.59 bits per heavy atom. The van der Waals surface area contributed by atoms with Gasteiger partial charge in [0.1, 0.15) is 0 Å². The van der Waals surface area contributed by atoms with Crippen molar-refractivity contribution in [3.05, 3.63) is 35.4 Å². The first-order valence-corrected chi connectivity index (χ1v) is 6.77. The molecule has 0 aromatic heterocycles. The van der Waals surface area contributed by atoms with Crippen LogP contribution in [0.2, 0.25) is 0 Å². The smallest absolute Gasteiger partial charge is 0.218 e. The first-order valence-electron chi connectivity index (χ1n) is 5.52. The lowest BCUT2D eigenvalue weighted by Crippen LogP contribution is -2.52. The average molecular weight is 340 g/mol. The van der Waals surface area contributed by atoms with Gasteiger partial charge in [-0.25, -0.2) is 0 Å². The lowest BCUT2D eigenvalue weighted by Gasteiger charge is -2.38. The molecule has 0 unspecified atom stereocenters. The standard InChI is InChI=1S/C13H13IN2O/c1-9(17)16-13(8-15)11-5-3-2-4-10(11)6-7-12(13)14/h2-5,12H,6-7H2,1H3,(H,16,17)/t12-,13+/m1/s1. The van der Waals surface area contributed by atoms with Crippen LogP contribution in [0.3, 0.4) is 0 Å². The van der Waals surface area contributed by atoms with E-state index in [0.717, 1.165) is 24.0 Å². The number of hydrogen-bond acceptors (Lipinski definition) is 2. The van der Waals surface area contributed by atoms with Gasteiger partial charge in [0.2, 0.25) is 5.91 Å². The molecule has 2 rings (SSSR count). The van der Waals surface area contributed by atoms with Gasteiger partial charge in [-0.2, -0.15) is 5.26 Å². The van der Waals surface area contributed by atoms with E-state index in [1.165, 1.54) is 6.92 Å². The molecule has 0 bridgehead atoms. The fourth-order valence-corrected chi connectivity index (χ4v) is 3.31. The third-order valence-electron chi connectivity index (χ3n) is 3.13. The lowest BCUT2D eigenvalue weighted by molar-refractivity contribution is -0.120. The minimum atomic E-state index is -0.874. The predicted molar refractivity (Wildman–Crippen MR) is 73.7 cm³/mol. The number of aryl methyl sites for hydroxylation is 1. The van der Waals surface area contributed by atoms with Crippen molar-refractivity contribution in [2.45, 2.75) is 29.2 Å². The fourth-order valence-electron chi connectivity index (χ4n) is 2.37. The van der Waals surface area contributed by atoms with Gasteiger partial charge in [-0.05, 0) is 24.0 Å². The highest BCUT2D eigenvalue weighted by Gasteiger charge is 2.44. The van der Waals surface area contributed by atoms with Crippen molar-refractivity contribution in [2.75, 3.05) is 0 Å². The van der Waals surface area contributed by atoms with E-state index in [1.807, 2.05) is 24.3 Å². The van der Waals surface area contributed by atoms with E-state index in [1.54, 1.807) is 0 Å². The fraction of sp³-hybridized carbons (Fsp3) is 0.385. The van der Waals surface area contributed by atoms with Crippen LogP contribution in [0.5, 0.6) is 0 Å². The number of benzene rings is 1. The summed E-state index contributed by atoms with van der Waals surface area (Å²) >= 11 is 2.26. The number of nitriles is 1. The van der Waals surface area contributed by atoms with Crippen molar-refractivity contribution < 1.29 is 4.79 Å². The van der Waals surface area contributed by atoms with Crippen molar-refractivity contribution in [3.63, 3.8) is 0 Å². The van der Waals surface area contributed by atoms with Crippen molar-refractivity contribution in [3.8, 4) is 6.07 Å². The SMILES string of the molecule is CC(=O)N[C@@]1(C#N)c2ccccc2CC[C@H]1I. The predicted octanol–water partition coefficient (Wildman–Crippen LogP) is 2.29. The maximum atomic E-state index is 11.4. The number of amides is 1. The molecular weight excluding hydrogens is 327 g/mol. The van der Waals surface area contributed by atoms with E-state index in [0.29, 0.717) is 0 Å². The molecule has 1 aromatic rings. The van der Waals surface area contributed by atoms with E-state index < -0.39 is 5.54 Å². The summed E-state index contributed by atoms with van der Waals surface area (Å²) in [6.45, 7) is 1.46. The molecule has 0 heterocycles. The molecule has 2 atom stereocenters. The highest BCUT2D eigenvalue weighted by molar-refractivity contribution is 14.1. The second kappa shape index (κ2) is 4.65. The number of nitrogens with zero attached hydrogens (tertiary/aromatic N) is 1. The molecule has 1 amide bonds. The van der Waals surface area contributed by atoms with Crippen LogP contribution < -0.4 is 5.32 Å². The zero-order valence-corrected chi connectivity index (χ0v) is 11.7. The molecule has 1 aliphatic carbocycles. The number of nitrogens with one attached hydrogen (secondary N) is 1. The van der Waals surface area contributed by atoms with Crippen LogP contribution in [0.4, 0.5) is 0 Å². The first kappa shape index (κ1) is 12.4. The maximum Gasteiger partial charge on any atom is 0.218 e. The number of fused-ring (bicyclic) bond motifs is 1. The summed E-state index contributed by atoms with van der Waals surface area (Å²) in [6, 6.07) is 10.2. The Balaban J connectivity index is 2.57. The van der Waals surface area contributed by atoms with Crippen molar-refractivity contribution in [1.29, 1.82) is 5.26 Å². The highest BCUT2D eigenvalue weighted by atomic mass is 127. The van der Waals surface area contributed by atoms with E-state index in [9.17, 15) is 10.1 Å². The van der Waals surface area contributed by atoms with Crippen molar-refractivity contribution >= 4 is 28.5 Å². The Bertz CT molecular complexity index is 494. The van der Waals surface area contributed by atoms with Gasteiger partial charge < -0.3 is 5.32 Å². The molecule has 88 valence electrons. The monoisotopic (exact) mass is 340 g/mol. The Hall–Kier alpha value is -1.09. The molecule has 1 N–H and O–H groups in total. The molecule has 1 aromatic carbocycles. The van der Waals surface area contributed by atoms with E-state index in [4.69, 9.17) is 0 Å². The summed E-state index contributed by atoms with van der Waals surface area (Å²) < 4.78 is 0.101. The molecule has 3 nitrogen and oxygen atoms in total. The lowest BCUT2D eigenvalue weighted by atomic mass is 9.77. The quantitative estimate of drug-likeness (QED) is 0.630. The number of halogens is 1. The molecule has 4 heteroatoms. The minimum absolute atomic E-state index is 0.101. The zero-order chi connectivity index (χ0) is 12.5. The third kappa shape index (κ3) is 2.04. The highest BCUT2D eigenvalue weighted by Crippen LogP contribution is 2.39. The van der Waals surface area contributed by atoms with Gasteiger partial charge in [-0.1, -0.05) is 46.9 Å². The summed E-state index contributed by atoms with van der Waals surface area (Å²) in [6.07, 6.45) is 1.87. The number of carbonyl (C=O) groups excluding carboxylic acids is 1. The van der Waals surface area contributed by atoms with E-state index in [2.05, 4.69) is 34.0 Å². The summed E-state index contributed by atoms with van der Waals surface area (Å²) in [7, 11) is 0.